The van der Waals surface area contributed by atoms with Gasteiger partial charge < -0.3 is 27.4 Å². The lowest BCUT2D eigenvalue weighted by atomic mass is 10.1. The van der Waals surface area contributed by atoms with Crippen LogP contribution >= 0.6 is 0 Å². The molecule has 1 rings (SSSR count). The zero-order valence-corrected chi connectivity index (χ0v) is 10.8. The molecule has 1 atom stereocenters. The zero-order valence-electron chi connectivity index (χ0n) is 10.8. The fourth-order valence-corrected chi connectivity index (χ4v) is 1.59. The van der Waals surface area contributed by atoms with Gasteiger partial charge in [0.05, 0.1) is 0 Å². The molecule has 0 fully saturated rings. The molecule has 0 aliphatic heterocycles. The summed E-state index contributed by atoms with van der Waals surface area (Å²) in [5, 5.41) is 8.22. The average molecular weight is 265 g/mol. The molecule has 0 radical (unpaired) electrons. The highest BCUT2D eigenvalue weighted by Gasteiger charge is 2.04. The van der Waals surface area contributed by atoms with E-state index in [0.717, 1.165) is 5.56 Å². The standard InChI is InChI=1S/C12H19N5O2/c1-8(15-6-7-16-11(13)18)9-2-4-10(5-3-9)17-12(14)19/h2-5,8,15H,6-7H2,1H3,(H3,13,16,18)(H3,14,17,19). The molecule has 104 valence electrons. The number of urea groups is 2. The summed E-state index contributed by atoms with van der Waals surface area (Å²) in [6.07, 6.45) is 0. The molecule has 0 aromatic heterocycles. The summed E-state index contributed by atoms with van der Waals surface area (Å²) in [6.45, 7) is 3.09. The number of primary amides is 2. The molecule has 0 heterocycles. The molecule has 0 bridgehead atoms. The van der Waals surface area contributed by atoms with Crippen LogP contribution in [-0.2, 0) is 0 Å². The maximum atomic E-state index is 10.7. The largest absolute Gasteiger partial charge is 0.352 e. The first-order valence-electron chi connectivity index (χ1n) is 5.92. The van der Waals surface area contributed by atoms with Crippen LogP contribution in [0.2, 0.25) is 0 Å². The van der Waals surface area contributed by atoms with Crippen molar-refractivity contribution in [2.45, 2.75) is 13.0 Å². The molecule has 1 unspecified atom stereocenters. The Bertz CT molecular complexity index is 432. The molecule has 0 aliphatic carbocycles. The number of nitrogens with two attached hydrogens (primary N) is 2. The normalized spacial score (nSPS) is 11.6. The second-order valence-electron chi connectivity index (χ2n) is 4.08. The van der Waals surface area contributed by atoms with Gasteiger partial charge in [0.15, 0.2) is 0 Å². The maximum Gasteiger partial charge on any atom is 0.316 e. The molecule has 0 aliphatic rings. The molecular weight excluding hydrogens is 246 g/mol. The summed E-state index contributed by atoms with van der Waals surface area (Å²) in [5.74, 6) is 0. The molecule has 7 heteroatoms. The van der Waals surface area contributed by atoms with Crippen molar-refractivity contribution in [1.82, 2.24) is 10.6 Å². The summed E-state index contributed by atoms with van der Waals surface area (Å²) in [4.78, 5) is 21.1. The molecule has 0 saturated heterocycles. The van der Waals surface area contributed by atoms with Crippen LogP contribution in [0.4, 0.5) is 15.3 Å². The first kappa shape index (κ1) is 14.8. The highest BCUT2D eigenvalue weighted by atomic mass is 16.2. The molecular formula is C12H19N5O2. The van der Waals surface area contributed by atoms with E-state index in [1.165, 1.54) is 0 Å². The summed E-state index contributed by atoms with van der Waals surface area (Å²) in [7, 11) is 0. The number of nitrogens with one attached hydrogen (secondary N) is 3. The summed E-state index contributed by atoms with van der Waals surface area (Å²) in [6, 6.07) is 6.35. The SMILES string of the molecule is CC(NCCNC(N)=O)c1ccc(NC(N)=O)cc1. The maximum absolute atomic E-state index is 10.7. The van der Waals surface area contributed by atoms with E-state index in [-0.39, 0.29) is 6.04 Å². The van der Waals surface area contributed by atoms with Crippen LogP contribution in [-0.4, -0.2) is 25.2 Å². The Kier molecular flexibility index (Phi) is 5.62. The van der Waals surface area contributed by atoms with E-state index < -0.39 is 12.1 Å². The first-order valence-corrected chi connectivity index (χ1v) is 5.92. The van der Waals surface area contributed by atoms with Gasteiger partial charge in [0.2, 0.25) is 0 Å². The van der Waals surface area contributed by atoms with Gasteiger partial charge in [-0.3, -0.25) is 0 Å². The number of amides is 4. The number of benzene rings is 1. The van der Waals surface area contributed by atoms with E-state index in [9.17, 15) is 9.59 Å². The summed E-state index contributed by atoms with van der Waals surface area (Å²) in [5.41, 5.74) is 11.7. The van der Waals surface area contributed by atoms with Crippen molar-refractivity contribution in [3.63, 3.8) is 0 Å². The van der Waals surface area contributed by atoms with Crippen molar-refractivity contribution in [2.75, 3.05) is 18.4 Å². The van der Waals surface area contributed by atoms with Gasteiger partial charge in [-0.25, -0.2) is 9.59 Å². The monoisotopic (exact) mass is 265 g/mol. The van der Waals surface area contributed by atoms with Gasteiger partial charge in [-0.2, -0.15) is 0 Å². The minimum Gasteiger partial charge on any atom is -0.352 e. The molecule has 4 amide bonds. The first-order chi connectivity index (χ1) is 8.99. The quantitative estimate of drug-likeness (QED) is 0.481. The van der Waals surface area contributed by atoms with Gasteiger partial charge in [0.1, 0.15) is 0 Å². The number of carbonyl (C=O) groups is 2. The Morgan fingerprint density at radius 1 is 1.11 bits per heavy atom. The molecule has 1 aromatic rings. The van der Waals surface area contributed by atoms with E-state index in [1.54, 1.807) is 12.1 Å². The van der Waals surface area contributed by atoms with Gasteiger partial charge in [-0.05, 0) is 24.6 Å². The lowest BCUT2D eigenvalue weighted by molar-refractivity contribution is 0.248. The van der Waals surface area contributed by atoms with E-state index in [4.69, 9.17) is 11.5 Å². The van der Waals surface area contributed by atoms with Crippen LogP contribution in [0.25, 0.3) is 0 Å². The number of hydrogen-bond acceptors (Lipinski definition) is 3. The van der Waals surface area contributed by atoms with E-state index >= 15 is 0 Å². The van der Waals surface area contributed by atoms with Crippen molar-refractivity contribution in [2.24, 2.45) is 11.5 Å². The predicted molar refractivity (Wildman–Crippen MR) is 73.7 cm³/mol. The minimum absolute atomic E-state index is 0.123. The Balaban J connectivity index is 2.41. The average Bonchev–Trinajstić information content (AvgIpc) is 2.34. The summed E-state index contributed by atoms with van der Waals surface area (Å²) < 4.78 is 0. The highest BCUT2D eigenvalue weighted by Crippen LogP contribution is 2.15. The Morgan fingerprint density at radius 2 is 1.74 bits per heavy atom. The van der Waals surface area contributed by atoms with Crippen LogP contribution in [0.1, 0.15) is 18.5 Å². The number of anilines is 1. The molecule has 7 nitrogen and oxygen atoms in total. The fourth-order valence-electron chi connectivity index (χ4n) is 1.59. The predicted octanol–water partition coefficient (Wildman–Crippen LogP) is 0.496. The number of rotatable bonds is 6. The highest BCUT2D eigenvalue weighted by molar-refractivity contribution is 5.87. The molecule has 1 aromatic carbocycles. The van der Waals surface area contributed by atoms with E-state index in [0.29, 0.717) is 18.8 Å². The van der Waals surface area contributed by atoms with Gasteiger partial charge in [-0.1, -0.05) is 12.1 Å². The Labute approximate surface area is 111 Å². The Morgan fingerprint density at radius 3 is 2.26 bits per heavy atom. The lowest BCUT2D eigenvalue weighted by Gasteiger charge is -2.14. The van der Waals surface area contributed by atoms with Crippen molar-refractivity contribution < 1.29 is 9.59 Å². The van der Waals surface area contributed by atoms with Crippen molar-refractivity contribution in [3.05, 3.63) is 29.8 Å². The lowest BCUT2D eigenvalue weighted by Crippen LogP contribution is -2.36. The Hall–Kier alpha value is -2.28. The number of hydrogen-bond donors (Lipinski definition) is 5. The third-order valence-corrected chi connectivity index (χ3v) is 2.55. The van der Waals surface area contributed by atoms with Crippen molar-refractivity contribution in [3.8, 4) is 0 Å². The third-order valence-electron chi connectivity index (χ3n) is 2.55. The van der Waals surface area contributed by atoms with Crippen LogP contribution in [0.5, 0.6) is 0 Å². The molecule has 19 heavy (non-hydrogen) atoms. The fraction of sp³-hybridized carbons (Fsp3) is 0.333. The summed E-state index contributed by atoms with van der Waals surface area (Å²) >= 11 is 0. The van der Waals surface area contributed by atoms with E-state index in [2.05, 4.69) is 16.0 Å². The van der Waals surface area contributed by atoms with Gasteiger partial charge in [0, 0.05) is 24.8 Å². The van der Waals surface area contributed by atoms with Crippen molar-refractivity contribution >= 4 is 17.7 Å². The van der Waals surface area contributed by atoms with Gasteiger partial charge in [-0.15, -0.1) is 0 Å². The molecule has 0 spiro atoms. The van der Waals surface area contributed by atoms with Crippen LogP contribution in [0.15, 0.2) is 24.3 Å². The molecule has 7 N–H and O–H groups in total. The minimum atomic E-state index is -0.587. The van der Waals surface area contributed by atoms with Gasteiger partial charge >= 0.3 is 12.1 Å². The van der Waals surface area contributed by atoms with E-state index in [1.807, 2.05) is 19.1 Å². The number of carbonyl (C=O) groups excluding carboxylic acids is 2. The zero-order chi connectivity index (χ0) is 14.3. The second-order valence-corrected chi connectivity index (χ2v) is 4.08. The third kappa shape index (κ3) is 5.73. The van der Waals surface area contributed by atoms with Crippen molar-refractivity contribution in [1.29, 1.82) is 0 Å². The van der Waals surface area contributed by atoms with Crippen LogP contribution in [0, 0.1) is 0 Å². The smallest absolute Gasteiger partial charge is 0.316 e. The molecule has 0 saturated carbocycles. The topological polar surface area (TPSA) is 122 Å². The van der Waals surface area contributed by atoms with Crippen LogP contribution in [0.3, 0.4) is 0 Å². The van der Waals surface area contributed by atoms with Crippen LogP contribution < -0.4 is 27.4 Å². The van der Waals surface area contributed by atoms with Gasteiger partial charge in [0.25, 0.3) is 0 Å². The second kappa shape index (κ2) is 7.22.